The van der Waals surface area contributed by atoms with Gasteiger partial charge in [0.2, 0.25) is 0 Å². The van der Waals surface area contributed by atoms with Crippen molar-refractivity contribution in [3.05, 3.63) is 0 Å². The molecule has 2 atom stereocenters. The van der Waals surface area contributed by atoms with E-state index < -0.39 is 0 Å². The summed E-state index contributed by atoms with van der Waals surface area (Å²) < 4.78 is 0. The number of nitrogens with one attached hydrogen (secondary N) is 1. The first-order chi connectivity index (χ1) is 7.79. The van der Waals surface area contributed by atoms with Crippen molar-refractivity contribution in [1.29, 1.82) is 0 Å². The fourth-order valence-corrected chi connectivity index (χ4v) is 2.91. The number of unbranched alkanes of at least 4 members (excludes halogenated alkanes) is 2. The van der Waals surface area contributed by atoms with Gasteiger partial charge in [-0.15, -0.1) is 0 Å². The Bertz CT molecular complexity index is 168. The molecule has 0 aromatic rings. The molecule has 0 aromatic carbocycles. The van der Waals surface area contributed by atoms with Crippen LogP contribution in [0.15, 0.2) is 0 Å². The molecule has 16 heavy (non-hydrogen) atoms. The third-order valence-electron chi connectivity index (χ3n) is 3.90. The number of hydrogen-bond donors (Lipinski definition) is 1. The van der Waals surface area contributed by atoms with Gasteiger partial charge < -0.3 is 5.32 Å². The van der Waals surface area contributed by atoms with Gasteiger partial charge >= 0.3 is 0 Å². The first-order valence-corrected chi connectivity index (χ1v) is 7.20. The van der Waals surface area contributed by atoms with Gasteiger partial charge in [-0.2, -0.15) is 0 Å². The van der Waals surface area contributed by atoms with Gasteiger partial charge in [-0.25, -0.2) is 0 Å². The average molecular weight is 226 g/mol. The predicted molar refractivity (Wildman–Crippen MR) is 71.9 cm³/mol. The highest BCUT2D eigenvalue weighted by atomic mass is 15.2. The molecule has 1 rings (SSSR count). The monoisotopic (exact) mass is 226 g/mol. The Morgan fingerprint density at radius 1 is 1.31 bits per heavy atom. The number of hydrogen-bond acceptors (Lipinski definition) is 2. The molecule has 1 N–H and O–H groups in total. The van der Waals surface area contributed by atoms with E-state index >= 15 is 0 Å². The zero-order valence-corrected chi connectivity index (χ0v) is 11.5. The van der Waals surface area contributed by atoms with Crippen molar-refractivity contribution in [3.63, 3.8) is 0 Å². The van der Waals surface area contributed by atoms with Crippen LogP contribution in [-0.2, 0) is 0 Å². The summed E-state index contributed by atoms with van der Waals surface area (Å²) in [5.41, 5.74) is 0. The van der Waals surface area contributed by atoms with Crippen LogP contribution in [0.5, 0.6) is 0 Å². The lowest BCUT2D eigenvalue weighted by molar-refractivity contribution is 0.0970. The number of rotatable bonds is 7. The highest BCUT2D eigenvalue weighted by Gasteiger charge is 2.25. The fourth-order valence-electron chi connectivity index (χ4n) is 2.91. The average Bonchev–Trinajstić information content (AvgIpc) is 2.30. The normalized spacial score (nSPS) is 24.6. The van der Waals surface area contributed by atoms with Crippen LogP contribution in [0.3, 0.4) is 0 Å². The molecule has 0 radical (unpaired) electrons. The summed E-state index contributed by atoms with van der Waals surface area (Å²) in [6.45, 7) is 7.19. The molecule has 2 heteroatoms. The van der Waals surface area contributed by atoms with E-state index in [1.54, 1.807) is 0 Å². The Hall–Kier alpha value is -0.0800. The Labute approximate surface area is 102 Å². The number of likely N-dealkylation sites (tertiary alicyclic amines) is 1. The summed E-state index contributed by atoms with van der Waals surface area (Å²) in [5.74, 6) is 0. The molecule has 1 fully saturated rings. The van der Waals surface area contributed by atoms with Crippen molar-refractivity contribution >= 4 is 0 Å². The lowest BCUT2D eigenvalue weighted by Gasteiger charge is -2.40. The SMILES string of the molecule is CCCCCC(C)N1CCCCC1CNC. The highest BCUT2D eigenvalue weighted by molar-refractivity contribution is 4.82. The molecule has 2 unspecified atom stereocenters. The zero-order chi connectivity index (χ0) is 11.8. The first kappa shape index (κ1) is 14.0. The van der Waals surface area contributed by atoms with Gasteiger partial charge in [-0.1, -0.05) is 32.6 Å². The van der Waals surface area contributed by atoms with Crippen molar-refractivity contribution in [2.75, 3.05) is 20.1 Å². The van der Waals surface area contributed by atoms with Crippen LogP contribution in [0.2, 0.25) is 0 Å². The minimum Gasteiger partial charge on any atom is -0.318 e. The van der Waals surface area contributed by atoms with E-state index in [0.29, 0.717) is 0 Å². The smallest absolute Gasteiger partial charge is 0.0223 e. The van der Waals surface area contributed by atoms with E-state index in [9.17, 15) is 0 Å². The van der Waals surface area contributed by atoms with Crippen LogP contribution in [0.4, 0.5) is 0 Å². The molecule has 96 valence electrons. The van der Waals surface area contributed by atoms with Gasteiger partial charge in [-0.05, 0) is 39.8 Å². The molecule has 1 aliphatic heterocycles. The predicted octanol–water partition coefficient (Wildman–Crippen LogP) is 3.03. The van der Waals surface area contributed by atoms with Crippen LogP contribution < -0.4 is 5.32 Å². The maximum atomic E-state index is 3.35. The van der Waals surface area contributed by atoms with Crippen LogP contribution >= 0.6 is 0 Å². The summed E-state index contributed by atoms with van der Waals surface area (Å²) in [4.78, 5) is 2.75. The standard InChI is InChI=1S/C14H30N2/c1-4-5-6-9-13(2)16-11-8-7-10-14(16)12-15-3/h13-15H,4-12H2,1-3H3. The summed E-state index contributed by atoms with van der Waals surface area (Å²) in [6.07, 6.45) is 9.73. The van der Waals surface area contributed by atoms with Crippen LogP contribution in [0, 0.1) is 0 Å². The Morgan fingerprint density at radius 3 is 2.81 bits per heavy atom. The second kappa shape index (κ2) is 8.08. The maximum absolute atomic E-state index is 3.35. The molecule has 0 saturated carbocycles. The summed E-state index contributed by atoms with van der Waals surface area (Å²) in [7, 11) is 2.08. The Balaban J connectivity index is 2.34. The minimum absolute atomic E-state index is 0.783. The summed E-state index contributed by atoms with van der Waals surface area (Å²) >= 11 is 0. The lowest BCUT2D eigenvalue weighted by atomic mass is 9.98. The second-order valence-electron chi connectivity index (χ2n) is 5.29. The molecule has 2 nitrogen and oxygen atoms in total. The van der Waals surface area contributed by atoms with E-state index in [0.717, 1.165) is 18.6 Å². The molecule has 0 spiro atoms. The number of nitrogens with zero attached hydrogens (tertiary/aromatic N) is 1. The quantitative estimate of drug-likeness (QED) is 0.671. The maximum Gasteiger partial charge on any atom is 0.0223 e. The molecular formula is C14H30N2. The topological polar surface area (TPSA) is 15.3 Å². The molecule has 1 heterocycles. The van der Waals surface area contributed by atoms with Crippen LogP contribution in [0.1, 0.15) is 58.8 Å². The molecule has 1 aliphatic rings. The minimum atomic E-state index is 0.783. The van der Waals surface area contributed by atoms with Gasteiger partial charge in [0.15, 0.2) is 0 Å². The van der Waals surface area contributed by atoms with Crippen molar-refractivity contribution in [3.8, 4) is 0 Å². The van der Waals surface area contributed by atoms with E-state index in [1.807, 2.05) is 0 Å². The summed E-state index contributed by atoms with van der Waals surface area (Å²) in [5, 5.41) is 3.35. The van der Waals surface area contributed by atoms with Gasteiger partial charge in [0.05, 0.1) is 0 Å². The Kier molecular flexibility index (Phi) is 7.06. The van der Waals surface area contributed by atoms with Crippen molar-refractivity contribution in [2.24, 2.45) is 0 Å². The van der Waals surface area contributed by atoms with E-state index in [4.69, 9.17) is 0 Å². The molecule has 0 aliphatic carbocycles. The van der Waals surface area contributed by atoms with E-state index in [2.05, 4.69) is 31.1 Å². The van der Waals surface area contributed by atoms with Gasteiger partial charge in [-0.3, -0.25) is 4.90 Å². The van der Waals surface area contributed by atoms with Gasteiger partial charge in [0, 0.05) is 18.6 Å². The lowest BCUT2D eigenvalue weighted by Crippen LogP contribution is -2.49. The third kappa shape index (κ3) is 4.42. The number of piperidine rings is 1. The fraction of sp³-hybridized carbons (Fsp3) is 1.00. The van der Waals surface area contributed by atoms with Crippen LogP contribution in [0.25, 0.3) is 0 Å². The van der Waals surface area contributed by atoms with Gasteiger partial charge in [0.25, 0.3) is 0 Å². The second-order valence-corrected chi connectivity index (χ2v) is 5.29. The van der Waals surface area contributed by atoms with E-state index in [-0.39, 0.29) is 0 Å². The molecule has 0 amide bonds. The molecule has 0 bridgehead atoms. The molecule has 0 aromatic heterocycles. The summed E-state index contributed by atoms with van der Waals surface area (Å²) in [6, 6.07) is 1.57. The molecular weight excluding hydrogens is 196 g/mol. The van der Waals surface area contributed by atoms with Crippen molar-refractivity contribution in [1.82, 2.24) is 10.2 Å². The van der Waals surface area contributed by atoms with Crippen molar-refractivity contribution in [2.45, 2.75) is 70.9 Å². The highest BCUT2D eigenvalue weighted by Crippen LogP contribution is 2.21. The van der Waals surface area contributed by atoms with Gasteiger partial charge in [0.1, 0.15) is 0 Å². The third-order valence-corrected chi connectivity index (χ3v) is 3.90. The van der Waals surface area contributed by atoms with Crippen molar-refractivity contribution < 1.29 is 0 Å². The number of likely N-dealkylation sites (N-methyl/N-ethyl adjacent to an activating group) is 1. The van der Waals surface area contributed by atoms with E-state index in [1.165, 1.54) is 51.5 Å². The zero-order valence-electron chi connectivity index (χ0n) is 11.5. The molecule has 1 saturated heterocycles. The first-order valence-electron chi connectivity index (χ1n) is 7.20. The van der Waals surface area contributed by atoms with Crippen LogP contribution in [-0.4, -0.2) is 37.1 Å². The largest absolute Gasteiger partial charge is 0.318 e. The Morgan fingerprint density at radius 2 is 2.12 bits per heavy atom.